The molecule has 0 aromatic heterocycles. The number of morpholine rings is 1. The molecule has 2 aromatic rings. The first kappa shape index (κ1) is 28.7. The van der Waals surface area contributed by atoms with Gasteiger partial charge in [-0.15, -0.1) is 0 Å². The molecule has 2 aromatic carbocycles. The van der Waals surface area contributed by atoms with E-state index in [1.807, 2.05) is 64.4 Å². The molecule has 0 N–H and O–H groups in total. The maximum absolute atomic E-state index is 13.9. The number of nitrogens with zero attached hydrogens (tertiary/aromatic N) is 2. The maximum atomic E-state index is 13.9. The molecule has 0 spiro atoms. The summed E-state index contributed by atoms with van der Waals surface area (Å²) >= 11 is 0. The molecular weight excluding hydrogens is 464 g/mol. The number of amides is 2. The summed E-state index contributed by atoms with van der Waals surface area (Å²) in [5, 5.41) is 0. The lowest BCUT2D eigenvalue weighted by molar-refractivity contribution is -0.149. The van der Waals surface area contributed by atoms with Gasteiger partial charge in [0.1, 0.15) is 11.8 Å². The predicted octanol–water partition coefficient (Wildman–Crippen LogP) is 5.63. The molecule has 6 heteroatoms. The van der Waals surface area contributed by atoms with E-state index >= 15 is 0 Å². The van der Waals surface area contributed by atoms with Crippen LogP contribution in [0, 0.1) is 0 Å². The smallest absolute Gasteiger partial charge is 0.245 e. The van der Waals surface area contributed by atoms with Crippen molar-refractivity contribution in [1.29, 1.82) is 0 Å². The van der Waals surface area contributed by atoms with E-state index in [1.165, 1.54) is 25.7 Å². The van der Waals surface area contributed by atoms with Crippen molar-refractivity contribution in [3.05, 3.63) is 65.7 Å². The third-order valence-electron chi connectivity index (χ3n) is 7.08. The van der Waals surface area contributed by atoms with Crippen LogP contribution in [0.2, 0.25) is 0 Å². The van der Waals surface area contributed by atoms with Crippen LogP contribution in [0.1, 0.15) is 69.4 Å². The van der Waals surface area contributed by atoms with E-state index in [2.05, 4.69) is 6.92 Å². The van der Waals surface area contributed by atoms with Crippen molar-refractivity contribution in [2.24, 2.45) is 0 Å². The number of carbonyl (C=O) groups is 2. The standard InChI is InChI=1S/C31H44N2O4/c1-3-4-5-6-7-8-12-15-30(34)33(25-27-16-18-28(36-2)19-17-27)29(24-26-13-10-9-11-14-26)31(35)32-20-22-37-23-21-32/h9-11,13-14,16-19,29H,3-8,12,15,20-25H2,1-2H3. The van der Waals surface area contributed by atoms with Gasteiger partial charge in [-0.05, 0) is 29.7 Å². The van der Waals surface area contributed by atoms with Crippen LogP contribution in [-0.2, 0) is 27.3 Å². The number of methoxy groups -OCH3 is 1. The molecule has 3 rings (SSSR count). The van der Waals surface area contributed by atoms with Crippen LogP contribution in [0.3, 0.4) is 0 Å². The van der Waals surface area contributed by atoms with Crippen LogP contribution in [0.15, 0.2) is 54.6 Å². The molecule has 1 atom stereocenters. The van der Waals surface area contributed by atoms with Crippen molar-refractivity contribution < 1.29 is 19.1 Å². The normalized spacial score (nSPS) is 14.3. The zero-order valence-electron chi connectivity index (χ0n) is 22.7. The minimum absolute atomic E-state index is 0.00794. The van der Waals surface area contributed by atoms with Gasteiger partial charge in [-0.2, -0.15) is 0 Å². The van der Waals surface area contributed by atoms with Crippen LogP contribution in [-0.4, -0.2) is 61.1 Å². The highest BCUT2D eigenvalue weighted by atomic mass is 16.5. The number of ether oxygens (including phenoxy) is 2. The van der Waals surface area contributed by atoms with Gasteiger partial charge in [0, 0.05) is 32.5 Å². The van der Waals surface area contributed by atoms with Crippen molar-refractivity contribution in [3.8, 4) is 5.75 Å². The Morgan fingerprint density at radius 2 is 1.54 bits per heavy atom. The Balaban J connectivity index is 1.79. The van der Waals surface area contributed by atoms with Crippen LogP contribution >= 0.6 is 0 Å². The summed E-state index contributed by atoms with van der Waals surface area (Å²) in [5.74, 6) is 0.829. The van der Waals surface area contributed by atoms with E-state index in [-0.39, 0.29) is 11.8 Å². The minimum atomic E-state index is -0.556. The molecule has 0 bridgehead atoms. The van der Waals surface area contributed by atoms with E-state index in [0.29, 0.717) is 45.7 Å². The first-order chi connectivity index (χ1) is 18.1. The summed E-state index contributed by atoms with van der Waals surface area (Å²) in [5.41, 5.74) is 2.04. The lowest BCUT2D eigenvalue weighted by Gasteiger charge is -2.36. The van der Waals surface area contributed by atoms with Gasteiger partial charge in [-0.3, -0.25) is 9.59 Å². The van der Waals surface area contributed by atoms with Crippen molar-refractivity contribution in [2.75, 3.05) is 33.4 Å². The number of hydrogen-bond donors (Lipinski definition) is 0. The third kappa shape index (κ3) is 9.51. The lowest BCUT2D eigenvalue weighted by atomic mass is 10.0. The van der Waals surface area contributed by atoms with E-state index in [9.17, 15) is 9.59 Å². The van der Waals surface area contributed by atoms with E-state index in [0.717, 1.165) is 36.1 Å². The largest absolute Gasteiger partial charge is 0.497 e. The van der Waals surface area contributed by atoms with Crippen molar-refractivity contribution >= 4 is 11.8 Å². The Morgan fingerprint density at radius 3 is 2.19 bits per heavy atom. The van der Waals surface area contributed by atoms with Gasteiger partial charge in [-0.1, -0.05) is 87.9 Å². The molecule has 1 aliphatic rings. The van der Waals surface area contributed by atoms with Crippen molar-refractivity contribution in [2.45, 2.75) is 77.3 Å². The minimum Gasteiger partial charge on any atom is -0.497 e. The molecule has 0 saturated carbocycles. The molecule has 2 amide bonds. The Morgan fingerprint density at radius 1 is 0.892 bits per heavy atom. The Bertz CT molecular complexity index is 926. The highest BCUT2D eigenvalue weighted by Gasteiger charge is 2.33. The Hall–Kier alpha value is -2.86. The number of benzene rings is 2. The summed E-state index contributed by atoms with van der Waals surface area (Å²) in [7, 11) is 1.64. The maximum Gasteiger partial charge on any atom is 0.245 e. The van der Waals surface area contributed by atoms with Crippen molar-refractivity contribution in [1.82, 2.24) is 9.80 Å². The zero-order chi connectivity index (χ0) is 26.3. The van der Waals surface area contributed by atoms with E-state index < -0.39 is 6.04 Å². The van der Waals surface area contributed by atoms with Gasteiger partial charge in [0.2, 0.25) is 11.8 Å². The Labute approximate surface area is 222 Å². The summed E-state index contributed by atoms with van der Waals surface area (Å²) in [6, 6.07) is 17.2. The highest BCUT2D eigenvalue weighted by Crippen LogP contribution is 2.21. The number of unbranched alkanes of at least 4 members (excludes halogenated alkanes) is 6. The molecule has 1 unspecified atom stereocenters. The molecule has 0 aliphatic carbocycles. The third-order valence-corrected chi connectivity index (χ3v) is 7.08. The zero-order valence-corrected chi connectivity index (χ0v) is 22.7. The van der Waals surface area contributed by atoms with Gasteiger partial charge in [0.15, 0.2) is 0 Å². The molecule has 1 fully saturated rings. The summed E-state index contributed by atoms with van der Waals surface area (Å²) < 4.78 is 10.8. The molecule has 202 valence electrons. The highest BCUT2D eigenvalue weighted by molar-refractivity contribution is 5.88. The summed E-state index contributed by atoms with van der Waals surface area (Å²) in [4.78, 5) is 31.3. The second kappa shape index (κ2) is 16.1. The van der Waals surface area contributed by atoms with Crippen LogP contribution in [0.4, 0.5) is 0 Å². The molecule has 1 heterocycles. The van der Waals surface area contributed by atoms with E-state index in [1.54, 1.807) is 7.11 Å². The average molecular weight is 509 g/mol. The lowest BCUT2D eigenvalue weighted by Crippen LogP contribution is -2.54. The van der Waals surface area contributed by atoms with Crippen LogP contribution < -0.4 is 4.74 Å². The molecule has 1 saturated heterocycles. The Kier molecular flexibility index (Phi) is 12.5. The van der Waals surface area contributed by atoms with Gasteiger partial charge in [0.25, 0.3) is 0 Å². The fourth-order valence-corrected chi connectivity index (χ4v) is 4.84. The monoisotopic (exact) mass is 508 g/mol. The first-order valence-electron chi connectivity index (χ1n) is 13.9. The van der Waals surface area contributed by atoms with Gasteiger partial charge >= 0.3 is 0 Å². The van der Waals surface area contributed by atoms with Gasteiger partial charge < -0.3 is 19.3 Å². The van der Waals surface area contributed by atoms with Gasteiger partial charge in [0.05, 0.1) is 20.3 Å². The molecule has 6 nitrogen and oxygen atoms in total. The fraction of sp³-hybridized carbons (Fsp3) is 0.548. The molecular formula is C31H44N2O4. The van der Waals surface area contributed by atoms with Crippen LogP contribution in [0.5, 0.6) is 5.75 Å². The summed E-state index contributed by atoms with van der Waals surface area (Å²) in [6.07, 6.45) is 9.02. The fourth-order valence-electron chi connectivity index (χ4n) is 4.84. The average Bonchev–Trinajstić information content (AvgIpc) is 2.95. The second-order valence-electron chi connectivity index (χ2n) is 9.88. The first-order valence-corrected chi connectivity index (χ1v) is 13.9. The van der Waals surface area contributed by atoms with Crippen molar-refractivity contribution in [3.63, 3.8) is 0 Å². The quantitative estimate of drug-likeness (QED) is 0.292. The molecule has 0 radical (unpaired) electrons. The van der Waals surface area contributed by atoms with Gasteiger partial charge in [-0.25, -0.2) is 0 Å². The predicted molar refractivity (Wildman–Crippen MR) is 147 cm³/mol. The number of hydrogen-bond acceptors (Lipinski definition) is 4. The molecule has 1 aliphatic heterocycles. The summed E-state index contributed by atoms with van der Waals surface area (Å²) in [6.45, 7) is 4.81. The number of rotatable bonds is 15. The topological polar surface area (TPSA) is 59.1 Å². The molecule has 37 heavy (non-hydrogen) atoms. The van der Waals surface area contributed by atoms with Crippen LogP contribution in [0.25, 0.3) is 0 Å². The number of carbonyl (C=O) groups excluding carboxylic acids is 2. The van der Waals surface area contributed by atoms with E-state index in [4.69, 9.17) is 9.47 Å². The SMILES string of the molecule is CCCCCCCCCC(=O)N(Cc1ccc(OC)cc1)C(Cc1ccccc1)C(=O)N1CCOCC1. The second-order valence-corrected chi connectivity index (χ2v) is 9.88.